The maximum absolute atomic E-state index is 12.1. The lowest BCUT2D eigenvalue weighted by molar-refractivity contribution is 0.627. The van der Waals surface area contributed by atoms with Gasteiger partial charge in [-0.05, 0) is 19.1 Å². The van der Waals surface area contributed by atoms with Crippen LogP contribution in [0, 0.1) is 12.7 Å². The van der Waals surface area contributed by atoms with Crippen LogP contribution >= 0.6 is 0 Å². The Bertz CT molecular complexity index is 148. The topological polar surface area (TPSA) is 0 Å². The van der Waals surface area contributed by atoms with Crippen molar-refractivity contribution in [3.8, 4) is 0 Å². The van der Waals surface area contributed by atoms with E-state index in [4.69, 9.17) is 0 Å². The molecule has 0 amide bonds. The monoisotopic (exact) mass is 124 g/mol. The van der Waals surface area contributed by atoms with E-state index in [2.05, 4.69) is 0 Å². The van der Waals surface area contributed by atoms with Gasteiger partial charge in [-0.3, -0.25) is 0 Å². The van der Waals surface area contributed by atoms with Gasteiger partial charge in [-0.1, -0.05) is 17.7 Å². The lowest BCUT2D eigenvalue weighted by atomic mass is 10.2. The summed E-state index contributed by atoms with van der Waals surface area (Å²) in [6.07, 6.45) is 0. The molecule has 48 valence electrons. The molecule has 9 heavy (non-hydrogen) atoms. The lowest BCUT2D eigenvalue weighted by Gasteiger charge is -1.87. The second kappa shape index (κ2) is 3.28. The highest BCUT2D eigenvalue weighted by molar-refractivity contribution is 5.75. The molecule has 1 aromatic carbocycles. The molecule has 0 bridgehead atoms. The summed E-state index contributed by atoms with van der Waals surface area (Å²) in [7, 11) is 0. The summed E-state index contributed by atoms with van der Waals surface area (Å²) in [6, 6.07) is 6.40. The van der Waals surface area contributed by atoms with Gasteiger partial charge in [0.1, 0.15) is 5.82 Å². The molecule has 0 atom stereocenters. The number of aryl methyl sites for hydroxylation is 1. The Labute approximate surface area is 56.3 Å². The minimum absolute atomic E-state index is 0. The third kappa shape index (κ3) is 2.31. The Morgan fingerprint density at radius 2 is 1.56 bits per heavy atom. The van der Waals surface area contributed by atoms with Crippen LogP contribution in [0.3, 0.4) is 0 Å². The Morgan fingerprint density at radius 1 is 1.11 bits per heavy atom. The quantitative estimate of drug-likeness (QED) is 0.451. The molecular weight excluding hydrogens is 114 g/mol. The van der Waals surface area contributed by atoms with Gasteiger partial charge in [0.25, 0.3) is 0 Å². The summed E-state index contributed by atoms with van der Waals surface area (Å²) >= 11 is 0. The zero-order valence-corrected chi connectivity index (χ0v) is 4.69. The van der Waals surface area contributed by atoms with Crippen LogP contribution in [0.15, 0.2) is 24.3 Å². The third-order valence-electron chi connectivity index (χ3n) is 1.01. The molecule has 0 N–H and O–H groups in total. The summed E-state index contributed by atoms with van der Waals surface area (Å²) in [5.74, 6) is -0.171. The zero-order chi connectivity index (χ0) is 5.98. The molecule has 0 aliphatic heterocycles. The predicted molar refractivity (Wildman–Crippen MR) is 41.1 cm³/mol. The first-order valence-electron chi connectivity index (χ1n) is 2.51. The van der Waals surface area contributed by atoms with Crippen LogP contribution in [0.2, 0.25) is 0 Å². The van der Waals surface area contributed by atoms with Crippen molar-refractivity contribution in [3.05, 3.63) is 35.6 Å². The molecule has 1 aromatic rings. The summed E-state index contributed by atoms with van der Waals surface area (Å²) < 4.78 is 12.1. The Balaban J connectivity index is 0.000000640. The molecule has 0 saturated heterocycles. The fourth-order valence-corrected chi connectivity index (χ4v) is 0.533. The highest BCUT2D eigenvalue weighted by Gasteiger charge is 1.83. The normalized spacial score (nSPS) is 8.22. The number of rotatable bonds is 0. The van der Waals surface area contributed by atoms with Gasteiger partial charge in [0, 0.05) is 0 Å². The van der Waals surface area contributed by atoms with Crippen LogP contribution < -0.4 is 0 Å². The molecule has 2 heteroatoms. The van der Waals surface area contributed by atoms with Crippen molar-refractivity contribution in [1.29, 1.82) is 0 Å². The second-order valence-corrected chi connectivity index (χ2v) is 1.80. The fraction of sp³-hybridized carbons (Fsp3) is 0.143. The van der Waals surface area contributed by atoms with Crippen LogP contribution in [0.1, 0.15) is 5.56 Å². The molecule has 0 nitrogen and oxygen atoms in total. The van der Waals surface area contributed by atoms with Crippen LogP contribution in [0.25, 0.3) is 0 Å². The fourth-order valence-electron chi connectivity index (χ4n) is 0.533. The van der Waals surface area contributed by atoms with Gasteiger partial charge < -0.3 is 0 Å². The second-order valence-electron chi connectivity index (χ2n) is 1.80. The molecule has 0 saturated carbocycles. The Kier molecular flexibility index (Phi) is 3.00. The first-order chi connectivity index (χ1) is 3.79. The summed E-state index contributed by atoms with van der Waals surface area (Å²) in [5, 5.41) is 0. The average Bonchev–Trinajstić information content (AvgIpc) is 1.77. The molecule has 0 aliphatic carbocycles. The van der Waals surface area contributed by atoms with Crippen molar-refractivity contribution in [3.63, 3.8) is 0 Å². The molecule has 0 spiro atoms. The molecule has 1 rings (SSSR count). The molecule has 0 heterocycles. The van der Waals surface area contributed by atoms with Crippen molar-refractivity contribution in [2.45, 2.75) is 6.92 Å². The van der Waals surface area contributed by atoms with Crippen LogP contribution in [-0.2, 0) is 0 Å². The smallest absolute Gasteiger partial charge is 0.123 e. The van der Waals surface area contributed by atoms with E-state index in [9.17, 15) is 4.39 Å². The van der Waals surface area contributed by atoms with Crippen molar-refractivity contribution in [2.75, 3.05) is 0 Å². The largest absolute Gasteiger partial charge is 0.207 e. The maximum atomic E-state index is 12.1. The number of halogens is 1. The Morgan fingerprint density at radius 3 is 1.89 bits per heavy atom. The molecule has 0 unspecified atom stereocenters. The third-order valence-corrected chi connectivity index (χ3v) is 1.01. The van der Waals surface area contributed by atoms with Crippen molar-refractivity contribution in [2.24, 2.45) is 0 Å². The van der Waals surface area contributed by atoms with Crippen LogP contribution in [0.5, 0.6) is 0 Å². The molecular formula is C7H10BF. The van der Waals surface area contributed by atoms with Gasteiger partial charge in [-0.25, -0.2) is 4.39 Å². The zero-order valence-electron chi connectivity index (χ0n) is 4.69. The minimum Gasteiger partial charge on any atom is -0.207 e. The van der Waals surface area contributed by atoms with E-state index in [1.165, 1.54) is 12.1 Å². The standard InChI is InChI=1S/C7H7F.BH3/c1-6-2-4-7(8)5-3-6;/h2-5H,1H3;1H3. The van der Waals surface area contributed by atoms with E-state index in [-0.39, 0.29) is 14.2 Å². The van der Waals surface area contributed by atoms with E-state index in [0.717, 1.165) is 5.56 Å². The first-order valence-corrected chi connectivity index (χ1v) is 2.51. The number of hydrogen-bond acceptors (Lipinski definition) is 0. The van der Waals surface area contributed by atoms with E-state index < -0.39 is 0 Å². The lowest BCUT2D eigenvalue weighted by Crippen LogP contribution is -1.71. The van der Waals surface area contributed by atoms with E-state index in [1.807, 2.05) is 6.92 Å². The highest BCUT2D eigenvalue weighted by Crippen LogP contribution is 1.98. The van der Waals surface area contributed by atoms with Gasteiger partial charge in [-0.2, -0.15) is 0 Å². The van der Waals surface area contributed by atoms with Gasteiger partial charge >= 0.3 is 0 Å². The van der Waals surface area contributed by atoms with Gasteiger partial charge in [0.2, 0.25) is 0 Å². The molecule has 0 aliphatic rings. The molecule has 0 radical (unpaired) electrons. The average molecular weight is 124 g/mol. The van der Waals surface area contributed by atoms with Gasteiger partial charge in [0.05, 0.1) is 8.41 Å². The van der Waals surface area contributed by atoms with E-state index in [1.54, 1.807) is 12.1 Å². The van der Waals surface area contributed by atoms with E-state index in [0.29, 0.717) is 0 Å². The molecule has 0 aromatic heterocycles. The van der Waals surface area contributed by atoms with Gasteiger partial charge in [-0.15, -0.1) is 0 Å². The molecule has 0 fully saturated rings. The van der Waals surface area contributed by atoms with Crippen molar-refractivity contribution in [1.82, 2.24) is 0 Å². The Hall–Kier alpha value is -0.785. The van der Waals surface area contributed by atoms with Crippen molar-refractivity contribution >= 4 is 8.41 Å². The highest BCUT2D eigenvalue weighted by atomic mass is 19.1. The predicted octanol–water partition coefficient (Wildman–Crippen LogP) is 0.950. The SMILES string of the molecule is B.Cc1ccc(F)cc1. The first kappa shape index (κ1) is 8.21. The van der Waals surface area contributed by atoms with Crippen LogP contribution in [0.4, 0.5) is 4.39 Å². The van der Waals surface area contributed by atoms with Crippen molar-refractivity contribution < 1.29 is 4.39 Å². The summed E-state index contributed by atoms with van der Waals surface area (Å²) in [6.45, 7) is 1.93. The number of benzene rings is 1. The van der Waals surface area contributed by atoms with E-state index >= 15 is 0 Å². The maximum Gasteiger partial charge on any atom is 0.123 e. The van der Waals surface area contributed by atoms with Gasteiger partial charge in [0.15, 0.2) is 0 Å². The number of hydrogen-bond donors (Lipinski definition) is 0. The van der Waals surface area contributed by atoms with Crippen LogP contribution in [-0.4, -0.2) is 8.41 Å². The minimum atomic E-state index is -0.171. The summed E-state index contributed by atoms with van der Waals surface area (Å²) in [5.41, 5.74) is 1.09. The summed E-state index contributed by atoms with van der Waals surface area (Å²) in [4.78, 5) is 0.